The molecule has 1 fully saturated rings. The predicted molar refractivity (Wildman–Crippen MR) is 86.3 cm³/mol. The summed E-state index contributed by atoms with van der Waals surface area (Å²) in [6.45, 7) is 1.74. The average Bonchev–Trinajstić information content (AvgIpc) is 3.01. The third-order valence-corrected chi connectivity index (χ3v) is 4.26. The zero-order valence-electron chi connectivity index (χ0n) is 12.2. The van der Waals surface area contributed by atoms with Crippen molar-refractivity contribution in [2.24, 2.45) is 0 Å². The van der Waals surface area contributed by atoms with E-state index in [-0.39, 0.29) is 25.3 Å². The van der Waals surface area contributed by atoms with Gasteiger partial charge in [-0.2, -0.15) is 0 Å². The molecule has 1 saturated heterocycles. The summed E-state index contributed by atoms with van der Waals surface area (Å²) in [6.07, 6.45) is 2.09. The molecular weight excluding hydrogens is 327 g/mol. The van der Waals surface area contributed by atoms with Crippen molar-refractivity contribution >= 4 is 29.2 Å². The highest BCUT2D eigenvalue weighted by Gasteiger charge is 2.19. The third-order valence-electron chi connectivity index (χ3n) is 3.52. The van der Waals surface area contributed by atoms with Crippen LogP contribution in [0.4, 0.5) is 4.79 Å². The second kappa shape index (κ2) is 8.58. The van der Waals surface area contributed by atoms with Crippen molar-refractivity contribution in [1.29, 1.82) is 0 Å². The molecule has 1 aromatic carbocycles. The summed E-state index contributed by atoms with van der Waals surface area (Å²) in [5, 5.41) is 12.9. The zero-order valence-corrected chi connectivity index (χ0v) is 13.7. The first-order valence-electron chi connectivity index (χ1n) is 7.29. The fraction of sp³-hybridized carbons (Fsp3) is 0.533. The summed E-state index contributed by atoms with van der Waals surface area (Å²) < 4.78 is 5.48. The minimum Gasteiger partial charge on any atom is -0.395 e. The third kappa shape index (κ3) is 5.02. The van der Waals surface area contributed by atoms with Gasteiger partial charge in [-0.25, -0.2) is 4.79 Å². The van der Waals surface area contributed by atoms with Crippen LogP contribution in [0.3, 0.4) is 0 Å². The Balaban J connectivity index is 1.92. The predicted octanol–water partition coefficient (Wildman–Crippen LogP) is 2.68. The second-order valence-corrected chi connectivity index (χ2v) is 6.03. The smallest absolute Gasteiger partial charge is 0.317 e. The van der Waals surface area contributed by atoms with Gasteiger partial charge in [-0.3, -0.25) is 0 Å². The molecular formula is C15H20Cl2N2O3. The largest absolute Gasteiger partial charge is 0.395 e. The first kappa shape index (κ1) is 17.3. The van der Waals surface area contributed by atoms with Crippen molar-refractivity contribution in [3.63, 3.8) is 0 Å². The Labute approximate surface area is 140 Å². The lowest BCUT2D eigenvalue weighted by molar-refractivity contribution is 0.108. The van der Waals surface area contributed by atoms with E-state index >= 15 is 0 Å². The van der Waals surface area contributed by atoms with Crippen molar-refractivity contribution in [3.05, 3.63) is 33.8 Å². The number of nitrogens with zero attached hydrogens (tertiary/aromatic N) is 1. The highest BCUT2D eigenvalue weighted by Crippen LogP contribution is 2.23. The summed E-state index contributed by atoms with van der Waals surface area (Å²) in [4.78, 5) is 13.8. The maximum absolute atomic E-state index is 12.2. The van der Waals surface area contributed by atoms with E-state index in [0.717, 1.165) is 25.0 Å². The Morgan fingerprint density at radius 3 is 2.86 bits per heavy atom. The Morgan fingerprint density at radius 1 is 1.41 bits per heavy atom. The number of urea groups is 1. The van der Waals surface area contributed by atoms with E-state index in [1.807, 2.05) is 6.07 Å². The molecule has 122 valence electrons. The molecule has 0 radical (unpaired) electrons. The second-order valence-electron chi connectivity index (χ2n) is 5.21. The number of amides is 2. The minimum absolute atomic E-state index is 0.0879. The monoisotopic (exact) mass is 346 g/mol. The molecule has 1 heterocycles. The van der Waals surface area contributed by atoms with Gasteiger partial charge in [0.25, 0.3) is 0 Å². The van der Waals surface area contributed by atoms with Gasteiger partial charge in [-0.05, 0) is 30.5 Å². The van der Waals surface area contributed by atoms with Gasteiger partial charge >= 0.3 is 6.03 Å². The number of hydrogen-bond acceptors (Lipinski definition) is 3. The number of aliphatic hydroxyl groups excluding tert-OH is 1. The first-order chi connectivity index (χ1) is 10.6. The molecule has 2 rings (SSSR count). The topological polar surface area (TPSA) is 61.8 Å². The molecule has 0 saturated carbocycles. The summed E-state index contributed by atoms with van der Waals surface area (Å²) in [6, 6.07) is 5.00. The molecule has 1 aromatic rings. The Morgan fingerprint density at radius 2 is 2.23 bits per heavy atom. The van der Waals surface area contributed by atoms with Crippen LogP contribution >= 0.6 is 23.2 Å². The van der Waals surface area contributed by atoms with Gasteiger partial charge in [0.05, 0.1) is 22.8 Å². The number of ether oxygens (including phenoxy) is 1. The van der Waals surface area contributed by atoms with E-state index in [0.29, 0.717) is 23.1 Å². The molecule has 0 aliphatic carbocycles. The molecule has 1 aliphatic heterocycles. The van der Waals surface area contributed by atoms with Gasteiger partial charge in [-0.15, -0.1) is 0 Å². The fourth-order valence-electron chi connectivity index (χ4n) is 2.35. The molecule has 2 N–H and O–H groups in total. The standard InChI is InChI=1S/C15H20Cl2N2O3/c16-13-4-3-11(8-14(13)17)10-19(5-6-20)15(21)18-9-12-2-1-7-22-12/h3-4,8,12,20H,1-2,5-7,9-10H2,(H,18,21). The number of benzene rings is 1. The number of hydrogen-bond donors (Lipinski definition) is 2. The Bertz CT molecular complexity index is 508. The van der Waals surface area contributed by atoms with Crippen molar-refractivity contribution in [3.8, 4) is 0 Å². The molecule has 0 spiro atoms. The minimum atomic E-state index is -0.226. The van der Waals surface area contributed by atoms with Crippen LogP contribution < -0.4 is 5.32 Å². The normalized spacial score (nSPS) is 17.5. The fourth-order valence-corrected chi connectivity index (χ4v) is 2.67. The van der Waals surface area contributed by atoms with Gasteiger partial charge in [0, 0.05) is 26.2 Å². The quantitative estimate of drug-likeness (QED) is 0.832. The van der Waals surface area contributed by atoms with E-state index in [2.05, 4.69) is 5.32 Å². The highest BCUT2D eigenvalue weighted by molar-refractivity contribution is 6.42. The number of aliphatic hydroxyl groups is 1. The van der Waals surface area contributed by atoms with Crippen LogP contribution in [0.2, 0.25) is 10.0 Å². The van der Waals surface area contributed by atoms with Crippen LogP contribution in [-0.4, -0.2) is 48.4 Å². The van der Waals surface area contributed by atoms with Gasteiger partial charge < -0.3 is 20.1 Å². The van der Waals surface area contributed by atoms with Crippen molar-refractivity contribution in [2.75, 3.05) is 26.3 Å². The van der Waals surface area contributed by atoms with Gasteiger partial charge in [0.2, 0.25) is 0 Å². The van der Waals surface area contributed by atoms with Crippen LogP contribution in [0.25, 0.3) is 0 Å². The first-order valence-corrected chi connectivity index (χ1v) is 8.05. The number of carbonyl (C=O) groups excluding carboxylic acids is 1. The number of halogens is 2. The summed E-state index contributed by atoms with van der Waals surface area (Å²) in [5.41, 5.74) is 0.857. The van der Waals surface area contributed by atoms with Crippen LogP contribution in [0.15, 0.2) is 18.2 Å². The molecule has 2 amide bonds. The maximum atomic E-state index is 12.2. The van der Waals surface area contributed by atoms with Crippen LogP contribution in [0.1, 0.15) is 18.4 Å². The number of carbonyl (C=O) groups is 1. The lowest BCUT2D eigenvalue weighted by Crippen LogP contribution is -2.43. The molecule has 1 unspecified atom stereocenters. The average molecular weight is 347 g/mol. The van der Waals surface area contributed by atoms with E-state index < -0.39 is 0 Å². The maximum Gasteiger partial charge on any atom is 0.317 e. The lowest BCUT2D eigenvalue weighted by Gasteiger charge is -2.23. The molecule has 5 nitrogen and oxygen atoms in total. The highest BCUT2D eigenvalue weighted by atomic mass is 35.5. The van der Waals surface area contributed by atoms with E-state index in [9.17, 15) is 4.79 Å². The van der Waals surface area contributed by atoms with Crippen LogP contribution in [0.5, 0.6) is 0 Å². The van der Waals surface area contributed by atoms with Gasteiger partial charge in [0.1, 0.15) is 0 Å². The molecule has 0 bridgehead atoms. The summed E-state index contributed by atoms with van der Waals surface area (Å²) in [5.74, 6) is 0. The summed E-state index contributed by atoms with van der Waals surface area (Å²) >= 11 is 11.9. The van der Waals surface area contributed by atoms with Gasteiger partial charge in [-0.1, -0.05) is 29.3 Å². The van der Waals surface area contributed by atoms with Crippen molar-refractivity contribution in [2.45, 2.75) is 25.5 Å². The molecule has 1 atom stereocenters. The number of nitrogens with one attached hydrogen (secondary N) is 1. The molecule has 0 aromatic heterocycles. The number of rotatable bonds is 6. The van der Waals surface area contributed by atoms with Gasteiger partial charge in [0.15, 0.2) is 0 Å². The molecule has 1 aliphatic rings. The zero-order chi connectivity index (χ0) is 15.9. The Hall–Kier alpha value is -1.01. The van der Waals surface area contributed by atoms with Crippen LogP contribution in [0, 0.1) is 0 Å². The van der Waals surface area contributed by atoms with Crippen molar-refractivity contribution < 1.29 is 14.6 Å². The van der Waals surface area contributed by atoms with E-state index in [4.69, 9.17) is 33.0 Å². The SMILES string of the molecule is O=C(NCC1CCCO1)N(CCO)Cc1ccc(Cl)c(Cl)c1. The van der Waals surface area contributed by atoms with E-state index in [1.54, 1.807) is 12.1 Å². The Kier molecular flexibility index (Phi) is 6.76. The van der Waals surface area contributed by atoms with Crippen LogP contribution in [-0.2, 0) is 11.3 Å². The molecule has 7 heteroatoms. The van der Waals surface area contributed by atoms with Crippen molar-refractivity contribution in [1.82, 2.24) is 10.2 Å². The lowest BCUT2D eigenvalue weighted by atomic mass is 10.2. The summed E-state index contributed by atoms with van der Waals surface area (Å²) in [7, 11) is 0. The van der Waals surface area contributed by atoms with E-state index in [1.165, 1.54) is 4.90 Å². The molecule has 22 heavy (non-hydrogen) atoms.